The molecular weight excluding hydrogens is 344 g/mol. The number of nitrogens with one attached hydrogen (secondary N) is 1. The SMILES string of the molecule is O=C1CCC(N2Cc3cc(-c4cccc5ccoc45)ccc3C2=O)C(=O)N1. The van der Waals surface area contributed by atoms with Crippen molar-refractivity contribution in [2.75, 3.05) is 0 Å². The van der Waals surface area contributed by atoms with Crippen molar-refractivity contribution in [1.82, 2.24) is 10.2 Å². The molecule has 1 N–H and O–H groups in total. The number of benzene rings is 2. The van der Waals surface area contributed by atoms with Gasteiger partial charge in [-0.05, 0) is 35.7 Å². The topological polar surface area (TPSA) is 79.6 Å². The third kappa shape index (κ3) is 2.44. The van der Waals surface area contributed by atoms with Crippen molar-refractivity contribution in [3.05, 3.63) is 59.9 Å². The molecule has 0 aliphatic carbocycles. The molecule has 1 aromatic heterocycles. The van der Waals surface area contributed by atoms with E-state index in [-0.39, 0.29) is 18.2 Å². The number of para-hydroxylation sites is 1. The molecule has 5 rings (SSSR count). The molecule has 1 saturated heterocycles. The molecule has 2 aliphatic rings. The maximum Gasteiger partial charge on any atom is 0.255 e. The lowest BCUT2D eigenvalue weighted by atomic mass is 9.99. The Balaban J connectivity index is 1.50. The summed E-state index contributed by atoms with van der Waals surface area (Å²) in [5, 5.41) is 3.35. The molecule has 1 atom stereocenters. The fourth-order valence-corrected chi connectivity index (χ4v) is 3.96. The second kappa shape index (κ2) is 5.81. The van der Waals surface area contributed by atoms with E-state index in [9.17, 15) is 14.4 Å². The van der Waals surface area contributed by atoms with Gasteiger partial charge in [-0.3, -0.25) is 19.7 Å². The van der Waals surface area contributed by atoms with E-state index in [1.807, 2.05) is 36.4 Å². The predicted molar refractivity (Wildman–Crippen MR) is 97.7 cm³/mol. The summed E-state index contributed by atoms with van der Waals surface area (Å²) in [6.07, 6.45) is 2.28. The molecule has 3 amide bonds. The lowest BCUT2D eigenvalue weighted by molar-refractivity contribution is -0.136. The lowest BCUT2D eigenvalue weighted by Crippen LogP contribution is -2.52. The molecule has 0 saturated carbocycles. The van der Waals surface area contributed by atoms with E-state index in [4.69, 9.17) is 4.42 Å². The highest BCUT2D eigenvalue weighted by atomic mass is 16.3. The first-order valence-electron chi connectivity index (χ1n) is 8.86. The Morgan fingerprint density at radius 2 is 1.93 bits per heavy atom. The zero-order valence-electron chi connectivity index (χ0n) is 14.4. The minimum Gasteiger partial charge on any atom is -0.464 e. The van der Waals surface area contributed by atoms with Gasteiger partial charge in [0.15, 0.2) is 0 Å². The zero-order chi connectivity index (χ0) is 18.5. The lowest BCUT2D eigenvalue weighted by Gasteiger charge is -2.29. The highest BCUT2D eigenvalue weighted by molar-refractivity contribution is 6.05. The number of rotatable bonds is 2. The Kier molecular flexibility index (Phi) is 3.40. The fraction of sp³-hybridized carbons (Fsp3) is 0.190. The summed E-state index contributed by atoms with van der Waals surface area (Å²) in [7, 11) is 0. The second-order valence-corrected chi connectivity index (χ2v) is 6.92. The number of carbonyl (C=O) groups is 3. The number of furan rings is 1. The fourth-order valence-electron chi connectivity index (χ4n) is 3.96. The van der Waals surface area contributed by atoms with E-state index in [1.165, 1.54) is 0 Å². The molecule has 0 bridgehead atoms. The number of imide groups is 1. The van der Waals surface area contributed by atoms with Crippen LogP contribution in [-0.4, -0.2) is 28.7 Å². The number of amides is 3. The van der Waals surface area contributed by atoms with Gasteiger partial charge in [0, 0.05) is 29.5 Å². The van der Waals surface area contributed by atoms with Crippen LogP contribution < -0.4 is 5.32 Å². The molecular formula is C21H16N2O4. The standard InChI is InChI=1S/C21H16N2O4/c24-18-7-6-17(20(25)22-18)23-11-14-10-13(4-5-16(14)21(23)26)15-3-1-2-12-8-9-27-19(12)15/h1-5,8-10,17H,6-7,11H2,(H,22,24,25). The van der Waals surface area contributed by atoms with Gasteiger partial charge in [-0.2, -0.15) is 0 Å². The van der Waals surface area contributed by atoms with Crippen molar-refractivity contribution < 1.29 is 18.8 Å². The van der Waals surface area contributed by atoms with E-state index in [2.05, 4.69) is 5.32 Å². The smallest absolute Gasteiger partial charge is 0.255 e. The molecule has 6 heteroatoms. The number of piperidine rings is 1. The minimum atomic E-state index is -0.598. The Hall–Kier alpha value is -3.41. The van der Waals surface area contributed by atoms with Crippen LogP contribution in [0.3, 0.4) is 0 Å². The van der Waals surface area contributed by atoms with Gasteiger partial charge in [0.2, 0.25) is 11.8 Å². The first kappa shape index (κ1) is 15.8. The van der Waals surface area contributed by atoms with Gasteiger partial charge in [0.25, 0.3) is 5.91 Å². The molecule has 0 radical (unpaired) electrons. The summed E-state index contributed by atoms with van der Waals surface area (Å²) in [6, 6.07) is 13.0. The van der Waals surface area contributed by atoms with Crippen LogP contribution in [0.1, 0.15) is 28.8 Å². The number of hydrogen-bond acceptors (Lipinski definition) is 4. The largest absolute Gasteiger partial charge is 0.464 e. The van der Waals surface area contributed by atoms with Gasteiger partial charge in [-0.15, -0.1) is 0 Å². The molecule has 1 unspecified atom stereocenters. The normalized spacial score (nSPS) is 19.5. The van der Waals surface area contributed by atoms with Gasteiger partial charge in [-0.1, -0.05) is 24.3 Å². The number of hydrogen-bond donors (Lipinski definition) is 1. The molecule has 134 valence electrons. The Morgan fingerprint density at radius 1 is 1.04 bits per heavy atom. The van der Waals surface area contributed by atoms with Gasteiger partial charge < -0.3 is 9.32 Å². The average Bonchev–Trinajstić information content (AvgIpc) is 3.26. The third-order valence-electron chi connectivity index (χ3n) is 5.31. The summed E-state index contributed by atoms with van der Waals surface area (Å²) < 4.78 is 5.62. The van der Waals surface area contributed by atoms with Gasteiger partial charge in [0.05, 0.1) is 6.26 Å². The van der Waals surface area contributed by atoms with E-state index in [1.54, 1.807) is 17.2 Å². The van der Waals surface area contributed by atoms with Crippen LogP contribution >= 0.6 is 0 Å². The summed E-state index contributed by atoms with van der Waals surface area (Å²) in [6.45, 7) is 0.364. The second-order valence-electron chi connectivity index (χ2n) is 6.92. The van der Waals surface area contributed by atoms with Crippen LogP contribution in [0, 0.1) is 0 Å². The Bertz CT molecular complexity index is 1110. The predicted octanol–water partition coefficient (Wildman–Crippen LogP) is 2.86. The first-order chi connectivity index (χ1) is 13.1. The highest BCUT2D eigenvalue weighted by Crippen LogP contribution is 2.34. The molecule has 3 aromatic rings. The molecule has 2 aromatic carbocycles. The van der Waals surface area contributed by atoms with E-state index < -0.39 is 11.9 Å². The van der Waals surface area contributed by atoms with Crippen molar-refractivity contribution >= 4 is 28.7 Å². The number of carbonyl (C=O) groups excluding carboxylic acids is 3. The van der Waals surface area contributed by atoms with Crippen molar-refractivity contribution in [1.29, 1.82) is 0 Å². The monoisotopic (exact) mass is 360 g/mol. The van der Waals surface area contributed by atoms with E-state index in [0.29, 0.717) is 18.5 Å². The third-order valence-corrected chi connectivity index (χ3v) is 5.31. The van der Waals surface area contributed by atoms with Crippen molar-refractivity contribution in [3.8, 4) is 11.1 Å². The quantitative estimate of drug-likeness (QED) is 0.713. The van der Waals surface area contributed by atoms with Crippen LogP contribution in [0.25, 0.3) is 22.1 Å². The van der Waals surface area contributed by atoms with Crippen LogP contribution in [0.4, 0.5) is 0 Å². The van der Waals surface area contributed by atoms with Crippen LogP contribution in [0.5, 0.6) is 0 Å². The summed E-state index contributed by atoms with van der Waals surface area (Å²) in [5.41, 5.74) is 4.23. The van der Waals surface area contributed by atoms with Crippen LogP contribution in [0.15, 0.2) is 53.1 Å². The molecule has 27 heavy (non-hydrogen) atoms. The Morgan fingerprint density at radius 3 is 2.78 bits per heavy atom. The Labute approximate surface area is 154 Å². The molecule has 0 spiro atoms. The van der Waals surface area contributed by atoms with E-state index in [0.717, 1.165) is 27.7 Å². The zero-order valence-corrected chi connectivity index (χ0v) is 14.4. The summed E-state index contributed by atoms with van der Waals surface area (Å²) >= 11 is 0. The summed E-state index contributed by atoms with van der Waals surface area (Å²) in [5.74, 6) is -0.843. The maximum absolute atomic E-state index is 12.8. The van der Waals surface area contributed by atoms with Crippen LogP contribution in [0.2, 0.25) is 0 Å². The average molecular weight is 360 g/mol. The van der Waals surface area contributed by atoms with Crippen molar-refractivity contribution in [2.45, 2.75) is 25.4 Å². The number of fused-ring (bicyclic) bond motifs is 2. The number of nitrogens with zero attached hydrogens (tertiary/aromatic N) is 1. The van der Waals surface area contributed by atoms with Crippen LogP contribution in [-0.2, 0) is 16.1 Å². The van der Waals surface area contributed by atoms with Gasteiger partial charge in [0.1, 0.15) is 11.6 Å². The maximum atomic E-state index is 12.8. The van der Waals surface area contributed by atoms with Crippen molar-refractivity contribution in [2.24, 2.45) is 0 Å². The molecule has 6 nitrogen and oxygen atoms in total. The van der Waals surface area contributed by atoms with Crippen molar-refractivity contribution in [3.63, 3.8) is 0 Å². The first-order valence-corrected chi connectivity index (χ1v) is 8.86. The minimum absolute atomic E-state index is 0.165. The molecule has 3 heterocycles. The molecule has 2 aliphatic heterocycles. The van der Waals surface area contributed by atoms with Gasteiger partial charge in [-0.25, -0.2) is 0 Å². The molecule has 1 fully saturated rings. The van der Waals surface area contributed by atoms with Gasteiger partial charge >= 0.3 is 0 Å². The van der Waals surface area contributed by atoms with E-state index >= 15 is 0 Å². The highest BCUT2D eigenvalue weighted by Gasteiger charge is 2.39. The summed E-state index contributed by atoms with van der Waals surface area (Å²) in [4.78, 5) is 37.9.